The molecule has 0 spiro atoms. The highest BCUT2D eigenvalue weighted by molar-refractivity contribution is 7.80. The molecule has 1 aliphatic rings. The van der Waals surface area contributed by atoms with Crippen LogP contribution in [-0.2, 0) is 0 Å². The van der Waals surface area contributed by atoms with Crippen LogP contribution in [-0.4, -0.2) is 16.9 Å². The molecule has 1 heterocycles. The summed E-state index contributed by atoms with van der Waals surface area (Å²) in [6, 6.07) is 1.79. The molecule has 1 aromatic heterocycles. The minimum Gasteiger partial charge on any atom is -0.392 e. The average molecular weight is 296 g/mol. The molecule has 5 heteroatoms. The lowest BCUT2D eigenvalue weighted by molar-refractivity contribution is 0.0935. The predicted molar refractivity (Wildman–Crippen MR) is 83.7 cm³/mol. The standard InChI is InChI=1S/C14H20N2OS2/c1-9-7-8-19-12(9)14(17)16-11(13(15)18)10-5-3-2-4-6-10/h7-8,10-11H,2-6H2,1H3,(H2,15,18)(H,16,17). The fraction of sp³-hybridized carbons (Fsp3) is 0.571. The molecule has 0 aromatic carbocycles. The van der Waals surface area contributed by atoms with Crippen LogP contribution in [0.4, 0.5) is 0 Å². The quantitative estimate of drug-likeness (QED) is 0.840. The molecule has 3 N–H and O–H groups in total. The van der Waals surface area contributed by atoms with Crippen molar-refractivity contribution in [2.45, 2.75) is 45.1 Å². The van der Waals surface area contributed by atoms with E-state index in [1.807, 2.05) is 18.4 Å². The van der Waals surface area contributed by atoms with Gasteiger partial charge in [0.15, 0.2) is 0 Å². The third-order valence-corrected chi connectivity index (χ3v) is 5.05. The van der Waals surface area contributed by atoms with Crippen molar-refractivity contribution in [1.29, 1.82) is 0 Å². The third kappa shape index (κ3) is 3.54. The number of hydrogen-bond acceptors (Lipinski definition) is 3. The lowest BCUT2D eigenvalue weighted by Gasteiger charge is -2.30. The highest BCUT2D eigenvalue weighted by Gasteiger charge is 2.28. The van der Waals surface area contributed by atoms with E-state index in [4.69, 9.17) is 18.0 Å². The van der Waals surface area contributed by atoms with Crippen LogP contribution in [0.15, 0.2) is 11.4 Å². The van der Waals surface area contributed by atoms with E-state index in [-0.39, 0.29) is 11.9 Å². The van der Waals surface area contributed by atoms with Crippen LogP contribution in [0.25, 0.3) is 0 Å². The van der Waals surface area contributed by atoms with E-state index >= 15 is 0 Å². The summed E-state index contributed by atoms with van der Waals surface area (Å²) in [4.78, 5) is 13.4. The van der Waals surface area contributed by atoms with Crippen LogP contribution in [0.3, 0.4) is 0 Å². The van der Waals surface area contributed by atoms with E-state index in [0.717, 1.165) is 23.3 Å². The minimum atomic E-state index is -0.163. The first-order valence-electron chi connectivity index (χ1n) is 6.74. The largest absolute Gasteiger partial charge is 0.392 e. The zero-order valence-electron chi connectivity index (χ0n) is 11.1. The second-order valence-electron chi connectivity index (χ2n) is 5.18. The summed E-state index contributed by atoms with van der Waals surface area (Å²) in [6.45, 7) is 1.95. The maximum absolute atomic E-state index is 12.3. The van der Waals surface area contributed by atoms with E-state index in [1.54, 1.807) is 0 Å². The minimum absolute atomic E-state index is 0.0455. The Morgan fingerprint density at radius 2 is 2.16 bits per heavy atom. The molecule has 0 saturated heterocycles. The third-order valence-electron chi connectivity index (χ3n) is 3.78. The molecular weight excluding hydrogens is 276 g/mol. The number of aryl methyl sites for hydroxylation is 1. The van der Waals surface area contributed by atoms with Crippen LogP contribution in [0.2, 0.25) is 0 Å². The summed E-state index contributed by atoms with van der Waals surface area (Å²) in [5.41, 5.74) is 6.83. The number of thiophene rings is 1. The van der Waals surface area contributed by atoms with Gasteiger partial charge >= 0.3 is 0 Å². The topological polar surface area (TPSA) is 55.1 Å². The molecule has 1 saturated carbocycles. The first-order valence-corrected chi connectivity index (χ1v) is 8.02. The fourth-order valence-electron chi connectivity index (χ4n) is 2.70. The van der Waals surface area contributed by atoms with Gasteiger partial charge in [0.25, 0.3) is 5.91 Å². The highest BCUT2D eigenvalue weighted by atomic mass is 32.1. The van der Waals surface area contributed by atoms with Crippen molar-refractivity contribution >= 4 is 34.5 Å². The molecule has 1 aromatic rings. The Morgan fingerprint density at radius 1 is 1.47 bits per heavy atom. The number of rotatable bonds is 4. The van der Waals surface area contributed by atoms with Crippen molar-refractivity contribution in [3.8, 4) is 0 Å². The molecule has 0 radical (unpaired) electrons. The van der Waals surface area contributed by atoms with Crippen LogP contribution in [0.5, 0.6) is 0 Å². The maximum atomic E-state index is 12.3. The molecule has 3 nitrogen and oxygen atoms in total. The number of carbonyl (C=O) groups excluding carboxylic acids is 1. The summed E-state index contributed by atoms with van der Waals surface area (Å²) in [7, 11) is 0. The molecule has 2 rings (SSSR count). The van der Waals surface area contributed by atoms with Crippen LogP contribution >= 0.6 is 23.6 Å². The zero-order chi connectivity index (χ0) is 13.8. The summed E-state index contributed by atoms with van der Waals surface area (Å²) in [5, 5.41) is 4.97. The van der Waals surface area contributed by atoms with Crippen LogP contribution in [0.1, 0.15) is 47.3 Å². The Balaban J connectivity index is 2.06. The van der Waals surface area contributed by atoms with Gasteiger partial charge < -0.3 is 11.1 Å². The van der Waals surface area contributed by atoms with Crippen molar-refractivity contribution in [3.63, 3.8) is 0 Å². The first-order chi connectivity index (χ1) is 9.09. The average Bonchev–Trinajstić information content (AvgIpc) is 2.82. The Bertz CT molecular complexity index is 464. The molecular formula is C14H20N2OS2. The molecule has 1 fully saturated rings. The van der Waals surface area contributed by atoms with E-state index in [0.29, 0.717) is 10.9 Å². The number of carbonyl (C=O) groups is 1. The van der Waals surface area contributed by atoms with Gasteiger partial charge in [0.1, 0.15) is 0 Å². The predicted octanol–water partition coefficient (Wildman–Crippen LogP) is 3.02. The number of nitrogens with one attached hydrogen (secondary N) is 1. The summed E-state index contributed by atoms with van der Waals surface area (Å²) in [5.74, 6) is 0.353. The van der Waals surface area contributed by atoms with Crippen molar-refractivity contribution in [3.05, 3.63) is 21.9 Å². The smallest absolute Gasteiger partial charge is 0.262 e. The van der Waals surface area contributed by atoms with Gasteiger partial charge in [-0.25, -0.2) is 0 Å². The Kier molecular flexibility index (Phi) is 4.93. The summed E-state index contributed by atoms with van der Waals surface area (Å²) >= 11 is 6.61. The molecule has 1 amide bonds. The molecule has 1 atom stereocenters. The van der Waals surface area contributed by atoms with Crippen molar-refractivity contribution in [2.75, 3.05) is 0 Å². The summed E-state index contributed by atoms with van der Waals surface area (Å²) in [6.07, 6.45) is 5.89. The van der Waals surface area contributed by atoms with Gasteiger partial charge in [0, 0.05) is 0 Å². The van der Waals surface area contributed by atoms with Gasteiger partial charge in [-0.2, -0.15) is 0 Å². The number of nitrogens with two attached hydrogens (primary N) is 1. The molecule has 19 heavy (non-hydrogen) atoms. The van der Waals surface area contributed by atoms with Gasteiger partial charge in [-0.3, -0.25) is 4.79 Å². The van der Waals surface area contributed by atoms with Gasteiger partial charge in [-0.15, -0.1) is 11.3 Å². The number of thiocarbonyl (C=S) groups is 1. The van der Waals surface area contributed by atoms with E-state index in [2.05, 4.69) is 5.32 Å². The Morgan fingerprint density at radius 3 is 2.68 bits per heavy atom. The number of hydrogen-bond donors (Lipinski definition) is 2. The second kappa shape index (κ2) is 6.48. The van der Waals surface area contributed by atoms with Crippen molar-refractivity contribution < 1.29 is 4.79 Å². The van der Waals surface area contributed by atoms with Gasteiger partial charge in [0.05, 0.1) is 15.9 Å². The Hall–Kier alpha value is -0.940. The monoisotopic (exact) mass is 296 g/mol. The normalized spacial score (nSPS) is 17.9. The molecule has 1 unspecified atom stereocenters. The lowest BCUT2D eigenvalue weighted by atomic mass is 9.84. The first kappa shape index (κ1) is 14.5. The van der Waals surface area contributed by atoms with E-state index in [1.165, 1.54) is 30.6 Å². The van der Waals surface area contributed by atoms with Crippen molar-refractivity contribution in [1.82, 2.24) is 5.32 Å². The fourth-order valence-corrected chi connectivity index (χ4v) is 3.78. The number of amides is 1. The SMILES string of the molecule is Cc1ccsc1C(=O)NC(C(N)=S)C1CCCCC1. The van der Waals surface area contributed by atoms with E-state index in [9.17, 15) is 4.79 Å². The van der Waals surface area contributed by atoms with Gasteiger partial charge in [0.2, 0.25) is 0 Å². The molecule has 0 bridgehead atoms. The zero-order valence-corrected chi connectivity index (χ0v) is 12.8. The van der Waals surface area contributed by atoms with Crippen molar-refractivity contribution in [2.24, 2.45) is 11.7 Å². The molecule has 0 aliphatic heterocycles. The van der Waals surface area contributed by atoms with Crippen LogP contribution in [0, 0.1) is 12.8 Å². The molecule has 1 aliphatic carbocycles. The van der Waals surface area contributed by atoms with Gasteiger partial charge in [-0.1, -0.05) is 31.5 Å². The second-order valence-corrected chi connectivity index (χ2v) is 6.57. The van der Waals surface area contributed by atoms with Crippen LogP contribution < -0.4 is 11.1 Å². The summed E-state index contributed by atoms with van der Waals surface area (Å²) < 4.78 is 0. The van der Waals surface area contributed by atoms with Gasteiger partial charge in [-0.05, 0) is 42.7 Å². The maximum Gasteiger partial charge on any atom is 0.262 e. The lowest BCUT2D eigenvalue weighted by Crippen LogP contribution is -2.48. The van der Waals surface area contributed by atoms with E-state index < -0.39 is 0 Å². The highest BCUT2D eigenvalue weighted by Crippen LogP contribution is 2.27. The Labute approximate surface area is 123 Å². The molecule has 104 valence electrons.